The van der Waals surface area contributed by atoms with Crippen molar-refractivity contribution in [1.82, 2.24) is 5.32 Å². The molecule has 1 N–H and O–H groups in total. The Balaban J connectivity index is 2.01. The Morgan fingerprint density at radius 1 is 1.00 bits per heavy atom. The van der Waals surface area contributed by atoms with Crippen molar-refractivity contribution in [3.05, 3.63) is 42.0 Å². The fourth-order valence-corrected chi connectivity index (χ4v) is 2.99. The third-order valence-electron chi connectivity index (χ3n) is 4.45. The Hall–Kier alpha value is -1.54. The first-order valence-corrected chi connectivity index (χ1v) is 7.00. The molecule has 19 heavy (non-hydrogen) atoms. The van der Waals surface area contributed by atoms with Crippen molar-refractivity contribution in [2.75, 3.05) is 20.2 Å². The van der Waals surface area contributed by atoms with Gasteiger partial charge < -0.3 is 10.1 Å². The second-order valence-corrected chi connectivity index (χ2v) is 5.74. The summed E-state index contributed by atoms with van der Waals surface area (Å²) in [5, 5.41) is 6.00. The molecule has 0 amide bonds. The van der Waals surface area contributed by atoms with Crippen LogP contribution in [0.1, 0.15) is 25.3 Å². The number of hydrogen-bond acceptors (Lipinski definition) is 2. The van der Waals surface area contributed by atoms with Crippen LogP contribution in [0.2, 0.25) is 0 Å². The van der Waals surface area contributed by atoms with E-state index in [0.717, 1.165) is 18.8 Å². The average Bonchev–Trinajstić information content (AvgIpc) is 2.47. The first kappa shape index (κ1) is 12.5. The first-order valence-electron chi connectivity index (χ1n) is 7.00. The molecule has 1 fully saturated rings. The fourth-order valence-electron chi connectivity index (χ4n) is 2.99. The van der Waals surface area contributed by atoms with Crippen LogP contribution < -0.4 is 10.1 Å². The minimum Gasteiger partial charge on any atom is -0.497 e. The van der Waals surface area contributed by atoms with Gasteiger partial charge in [0.15, 0.2) is 0 Å². The molecule has 0 aromatic heterocycles. The summed E-state index contributed by atoms with van der Waals surface area (Å²) in [6.45, 7) is 4.63. The lowest BCUT2D eigenvalue weighted by Gasteiger charge is -2.34. The topological polar surface area (TPSA) is 21.3 Å². The molecule has 0 unspecified atom stereocenters. The predicted octanol–water partition coefficient (Wildman–Crippen LogP) is 3.49. The van der Waals surface area contributed by atoms with Crippen LogP contribution in [0.25, 0.3) is 10.8 Å². The lowest BCUT2D eigenvalue weighted by Crippen LogP contribution is -2.37. The van der Waals surface area contributed by atoms with Crippen LogP contribution in [-0.2, 0) is 5.41 Å². The third-order valence-corrected chi connectivity index (χ3v) is 4.45. The molecule has 2 heteroatoms. The van der Waals surface area contributed by atoms with Crippen LogP contribution in [-0.4, -0.2) is 20.2 Å². The van der Waals surface area contributed by atoms with Gasteiger partial charge in [-0.15, -0.1) is 0 Å². The van der Waals surface area contributed by atoms with Gasteiger partial charge in [0.25, 0.3) is 0 Å². The maximum absolute atomic E-state index is 5.28. The van der Waals surface area contributed by atoms with E-state index in [4.69, 9.17) is 4.74 Å². The molecule has 3 rings (SSSR count). The molecule has 1 aliphatic heterocycles. The van der Waals surface area contributed by atoms with Gasteiger partial charge >= 0.3 is 0 Å². The molecular formula is C17H21NO. The number of fused-ring (bicyclic) bond motifs is 1. The van der Waals surface area contributed by atoms with Crippen LogP contribution in [0.15, 0.2) is 36.4 Å². The van der Waals surface area contributed by atoms with Crippen LogP contribution in [0, 0.1) is 0 Å². The number of hydrogen-bond donors (Lipinski definition) is 1. The van der Waals surface area contributed by atoms with Crippen molar-refractivity contribution in [1.29, 1.82) is 0 Å². The minimum atomic E-state index is 0.319. The lowest BCUT2D eigenvalue weighted by molar-refractivity contribution is 0.335. The van der Waals surface area contributed by atoms with E-state index >= 15 is 0 Å². The number of benzene rings is 2. The minimum absolute atomic E-state index is 0.319. The largest absolute Gasteiger partial charge is 0.497 e. The molecule has 0 spiro atoms. The molecule has 2 aromatic carbocycles. The molecule has 1 aliphatic rings. The molecule has 0 bridgehead atoms. The molecule has 1 heterocycles. The Kier molecular flexibility index (Phi) is 3.19. The van der Waals surface area contributed by atoms with Crippen molar-refractivity contribution in [3.8, 4) is 5.75 Å². The Morgan fingerprint density at radius 3 is 2.42 bits per heavy atom. The molecule has 0 saturated carbocycles. The Bertz CT molecular complexity index is 585. The van der Waals surface area contributed by atoms with Gasteiger partial charge in [0, 0.05) is 0 Å². The Labute approximate surface area is 114 Å². The monoisotopic (exact) mass is 255 g/mol. The van der Waals surface area contributed by atoms with Crippen LogP contribution in [0.4, 0.5) is 0 Å². The van der Waals surface area contributed by atoms with Gasteiger partial charge in [0.1, 0.15) is 5.75 Å². The van der Waals surface area contributed by atoms with Gasteiger partial charge in [0.2, 0.25) is 0 Å². The van der Waals surface area contributed by atoms with Gasteiger partial charge in [-0.05, 0) is 59.8 Å². The van der Waals surface area contributed by atoms with Crippen molar-refractivity contribution in [3.63, 3.8) is 0 Å². The number of rotatable bonds is 2. The highest BCUT2D eigenvalue weighted by Crippen LogP contribution is 2.34. The van der Waals surface area contributed by atoms with E-state index in [1.165, 1.54) is 29.2 Å². The van der Waals surface area contributed by atoms with E-state index in [-0.39, 0.29) is 0 Å². The molecule has 1 saturated heterocycles. The smallest absolute Gasteiger partial charge is 0.119 e. The maximum atomic E-state index is 5.28. The Morgan fingerprint density at radius 2 is 1.68 bits per heavy atom. The average molecular weight is 255 g/mol. The van der Waals surface area contributed by atoms with Crippen molar-refractivity contribution in [2.45, 2.75) is 25.2 Å². The molecule has 100 valence electrons. The highest BCUT2D eigenvalue weighted by atomic mass is 16.5. The summed E-state index contributed by atoms with van der Waals surface area (Å²) >= 11 is 0. The molecule has 2 nitrogen and oxygen atoms in total. The van der Waals surface area contributed by atoms with Crippen LogP contribution in [0.5, 0.6) is 5.75 Å². The van der Waals surface area contributed by atoms with Crippen molar-refractivity contribution in [2.24, 2.45) is 0 Å². The normalized spacial score (nSPS) is 18.4. The lowest BCUT2D eigenvalue weighted by atomic mass is 9.74. The zero-order valence-electron chi connectivity index (χ0n) is 11.7. The zero-order valence-corrected chi connectivity index (χ0v) is 11.7. The zero-order chi connectivity index (χ0) is 13.3. The molecule has 0 aliphatic carbocycles. The quantitative estimate of drug-likeness (QED) is 0.887. The number of ether oxygens (including phenoxy) is 1. The maximum Gasteiger partial charge on any atom is 0.119 e. The van der Waals surface area contributed by atoms with E-state index in [2.05, 4.69) is 42.6 Å². The van der Waals surface area contributed by atoms with Crippen molar-refractivity contribution >= 4 is 10.8 Å². The molecule has 0 radical (unpaired) electrons. The predicted molar refractivity (Wildman–Crippen MR) is 80.0 cm³/mol. The van der Waals surface area contributed by atoms with Gasteiger partial charge in [0.05, 0.1) is 7.11 Å². The van der Waals surface area contributed by atoms with E-state index in [1.54, 1.807) is 7.11 Å². The number of piperidine rings is 1. The summed E-state index contributed by atoms with van der Waals surface area (Å²) < 4.78 is 5.28. The fraction of sp³-hybridized carbons (Fsp3) is 0.412. The summed E-state index contributed by atoms with van der Waals surface area (Å²) in [6, 6.07) is 13.1. The van der Waals surface area contributed by atoms with Crippen LogP contribution in [0.3, 0.4) is 0 Å². The summed E-state index contributed by atoms with van der Waals surface area (Å²) in [5.41, 5.74) is 1.78. The third kappa shape index (κ3) is 2.33. The van der Waals surface area contributed by atoms with Gasteiger partial charge in [-0.2, -0.15) is 0 Å². The van der Waals surface area contributed by atoms with E-state index in [9.17, 15) is 0 Å². The summed E-state index contributed by atoms with van der Waals surface area (Å²) in [5.74, 6) is 0.924. The second-order valence-electron chi connectivity index (χ2n) is 5.74. The molecular weight excluding hydrogens is 234 g/mol. The second kappa shape index (κ2) is 4.86. The van der Waals surface area contributed by atoms with Gasteiger partial charge in [-0.3, -0.25) is 0 Å². The number of methoxy groups -OCH3 is 1. The van der Waals surface area contributed by atoms with Crippen LogP contribution >= 0.6 is 0 Å². The first-order chi connectivity index (χ1) is 9.21. The number of nitrogens with one attached hydrogen (secondary N) is 1. The summed E-state index contributed by atoms with van der Waals surface area (Å²) in [4.78, 5) is 0. The standard InChI is InChI=1S/C17H21NO/c1-17(7-9-18-10-8-17)15-5-3-14-12-16(19-2)6-4-13(14)11-15/h3-6,11-12,18H,7-10H2,1-2H3. The summed E-state index contributed by atoms with van der Waals surface area (Å²) in [7, 11) is 1.71. The van der Waals surface area contributed by atoms with E-state index in [0.29, 0.717) is 5.41 Å². The van der Waals surface area contributed by atoms with Gasteiger partial charge in [-0.1, -0.05) is 31.2 Å². The summed E-state index contributed by atoms with van der Waals surface area (Å²) in [6.07, 6.45) is 2.43. The van der Waals surface area contributed by atoms with Gasteiger partial charge in [-0.25, -0.2) is 0 Å². The molecule has 2 aromatic rings. The van der Waals surface area contributed by atoms with E-state index in [1.807, 2.05) is 6.07 Å². The van der Waals surface area contributed by atoms with E-state index < -0.39 is 0 Å². The SMILES string of the molecule is COc1ccc2cc(C3(C)CCNCC3)ccc2c1. The molecule has 0 atom stereocenters. The van der Waals surface area contributed by atoms with Crippen molar-refractivity contribution < 1.29 is 4.74 Å². The highest BCUT2D eigenvalue weighted by Gasteiger charge is 2.28. The highest BCUT2D eigenvalue weighted by molar-refractivity contribution is 5.84.